The number of rotatable bonds is 3. The van der Waals surface area contributed by atoms with E-state index in [0.29, 0.717) is 19.0 Å². The van der Waals surface area contributed by atoms with Crippen LogP contribution in [0.3, 0.4) is 0 Å². The number of piperidine rings is 1. The zero-order chi connectivity index (χ0) is 21.5. The number of carbonyl (C=O) groups excluding carboxylic acids is 2. The number of aromatic nitrogens is 1. The van der Waals surface area contributed by atoms with Crippen LogP contribution in [0.1, 0.15) is 30.7 Å². The number of hydrogen-bond acceptors (Lipinski definition) is 2. The highest BCUT2D eigenvalue weighted by molar-refractivity contribution is 6.00. The first-order valence-corrected chi connectivity index (χ1v) is 10.6. The lowest BCUT2D eigenvalue weighted by atomic mass is 9.88. The van der Waals surface area contributed by atoms with Crippen LogP contribution in [0.5, 0.6) is 0 Å². The van der Waals surface area contributed by atoms with Crippen LogP contribution in [-0.2, 0) is 9.59 Å². The third kappa shape index (κ3) is 3.69. The number of benzene rings is 2. The molecular formula is C24H23F2N3O2. The van der Waals surface area contributed by atoms with Crippen molar-refractivity contribution in [3.63, 3.8) is 0 Å². The number of nitrogens with zero attached hydrogens (tertiary/aromatic N) is 2. The molecule has 2 saturated heterocycles. The summed E-state index contributed by atoms with van der Waals surface area (Å²) < 4.78 is 27.1. The van der Waals surface area contributed by atoms with E-state index >= 15 is 0 Å². The van der Waals surface area contributed by atoms with Gasteiger partial charge in [0.2, 0.25) is 11.8 Å². The molecule has 1 atom stereocenters. The summed E-state index contributed by atoms with van der Waals surface area (Å²) in [5, 5.41) is 1.23. The molecule has 2 aliphatic rings. The van der Waals surface area contributed by atoms with Crippen LogP contribution in [0.2, 0.25) is 0 Å². The van der Waals surface area contributed by atoms with Crippen LogP contribution in [0.15, 0.2) is 48.7 Å². The standard InChI is InChI=1S/C24H23F2N3O2/c25-17-10-18(26)12-19(11-17)29-14-16(9-23(29)30)24(31)28-7-5-15(6-8-28)21-13-27-22-4-2-1-3-20(21)22/h1-4,10-13,15-16,27H,5-9,14H2. The third-order valence-corrected chi connectivity index (χ3v) is 6.50. The Bertz CT molecular complexity index is 1130. The largest absolute Gasteiger partial charge is 0.361 e. The van der Waals surface area contributed by atoms with Gasteiger partial charge in [0.1, 0.15) is 11.6 Å². The molecule has 0 spiro atoms. The number of anilines is 1. The Hall–Kier alpha value is -3.22. The van der Waals surface area contributed by atoms with Crippen molar-refractivity contribution in [2.24, 2.45) is 5.92 Å². The van der Waals surface area contributed by atoms with Gasteiger partial charge in [-0.2, -0.15) is 0 Å². The van der Waals surface area contributed by atoms with E-state index in [-0.39, 0.29) is 30.5 Å². The van der Waals surface area contributed by atoms with Gasteiger partial charge >= 0.3 is 0 Å². The number of halogens is 2. The van der Waals surface area contributed by atoms with E-state index in [4.69, 9.17) is 0 Å². The van der Waals surface area contributed by atoms with Crippen LogP contribution in [0.25, 0.3) is 10.9 Å². The average molecular weight is 423 g/mol. The first-order valence-electron chi connectivity index (χ1n) is 10.6. The number of H-pyrrole nitrogens is 1. The number of likely N-dealkylation sites (tertiary alicyclic amines) is 1. The van der Waals surface area contributed by atoms with E-state index in [1.54, 1.807) is 0 Å². The molecule has 2 fully saturated rings. The number of hydrogen-bond donors (Lipinski definition) is 1. The fraction of sp³-hybridized carbons (Fsp3) is 0.333. The SMILES string of the molecule is O=C(C1CC(=O)N(c2cc(F)cc(F)c2)C1)N1CCC(c2c[nH]c3ccccc23)CC1. The Morgan fingerprint density at radius 3 is 2.48 bits per heavy atom. The lowest BCUT2D eigenvalue weighted by Gasteiger charge is -2.33. The van der Waals surface area contributed by atoms with Gasteiger partial charge in [0.25, 0.3) is 0 Å². The van der Waals surface area contributed by atoms with Crippen molar-refractivity contribution in [1.29, 1.82) is 0 Å². The summed E-state index contributed by atoms with van der Waals surface area (Å²) >= 11 is 0. The first-order chi connectivity index (χ1) is 15.0. The van der Waals surface area contributed by atoms with E-state index in [1.165, 1.54) is 15.8 Å². The Morgan fingerprint density at radius 2 is 1.74 bits per heavy atom. The Kier molecular flexibility index (Phi) is 4.96. The van der Waals surface area contributed by atoms with Gasteiger partial charge in [-0.15, -0.1) is 0 Å². The van der Waals surface area contributed by atoms with Gasteiger partial charge in [-0.25, -0.2) is 8.78 Å². The highest BCUT2D eigenvalue weighted by Crippen LogP contribution is 2.34. The number of para-hydroxylation sites is 1. The van der Waals surface area contributed by atoms with Gasteiger partial charge in [0, 0.05) is 54.9 Å². The molecule has 5 rings (SSSR count). The highest BCUT2D eigenvalue weighted by atomic mass is 19.1. The summed E-state index contributed by atoms with van der Waals surface area (Å²) in [5.41, 5.74) is 2.57. The fourth-order valence-electron chi connectivity index (χ4n) is 4.92. The average Bonchev–Trinajstić information content (AvgIpc) is 3.36. The predicted octanol–water partition coefficient (Wildman–Crippen LogP) is 4.21. The smallest absolute Gasteiger partial charge is 0.228 e. The van der Waals surface area contributed by atoms with Crippen molar-refractivity contribution >= 4 is 28.4 Å². The summed E-state index contributed by atoms with van der Waals surface area (Å²) in [5.74, 6) is -1.91. The molecule has 2 aliphatic heterocycles. The van der Waals surface area contributed by atoms with Crippen molar-refractivity contribution in [1.82, 2.24) is 9.88 Å². The second kappa shape index (κ2) is 7.80. The van der Waals surface area contributed by atoms with Crippen molar-refractivity contribution < 1.29 is 18.4 Å². The molecular weight excluding hydrogens is 400 g/mol. The molecule has 0 aliphatic carbocycles. The quantitative estimate of drug-likeness (QED) is 0.686. The van der Waals surface area contributed by atoms with E-state index in [9.17, 15) is 18.4 Å². The van der Waals surface area contributed by atoms with Crippen LogP contribution in [-0.4, -0.2) is 41.3 Å². The van der Waals surface area contributed by atoms with Crippen LogP contribution < -0.4 is 4.90 Å². The molecule has 160 valence electrons. The zero-order valence-corrected chi connectivity index (χ0v) is 17.0. The third-order valence-electron chi connectivity index (χ3n) is 6.50. The van der Waals surface area contributed by atoms with Crippen molar-refractivity contribution in [2.45, 2.75) is 25.2 Å². The summed E-state index contributed by atoms with van der Waals surface area (Å²) in [6, 6.07) is 11.2. The van der Waals surface area contributed by atoms with Crippen LogP contribution in [0, 0.1) is 17.6 Å². The van der Waals surface area contributed by atoms with E-state index in [0.717, 1.165) is 36.6 Å². The summed E-state index contributed by atoms with van der Waals surface area (Å²) in [4.78, 5) is 32.0. The number of amides is 2. The van der Waals surface area contributed by atoms with Crippen molar-refractivity contribution in [2.75, 3.05) is 24.5 Å². The van der Waals surface area contributed by atoms with E-state index in [1.807, 2.05) is 17.0 Å². The lowest BCUT2D eigenvalue weighted by Crippen LogP contribution is -2.42. The van der Waals surface area contributed by atoms with Gasteiger partial charge < -0.3 is 14.8 Å². The van der Waals surface area contributed by atoms with Gasteiger partial charge in [-0.3, -0.25) is 9.59 Å². The molecule has 31 heavy (non-hydrogen) atoms. The van der Waals surface area contributed by atoms with E-state index in [2.05, 4.69) is 23.3 Å². The maximum atomic E-state index is 13.6. The molecule has 3 heterocycles. The van der Waals surface area contributed by atoms with Gasteiger partial charge in [0.05, 0.1) is 5.92 Å². The minimum Gasteiger partial charge on any atom is -0.361 e. The fourth-order valence-corrected chi connectivity index (χ4v) is 4.92. The molecule has 7 heteroatoms. The Labute approximate surface area is 178 Å². The maximum Gasteiger partial charge on any atom is 0.228 e. The lowest BCUT2D eigenvalue weighted by molar-refractivity contribution is -0.136. The van der Waals surface area contributed by atoms with Crippen molar-refractivity contribution in [3.05, 3.63) is 65.9 Å². The Balaban J connectivity index is 1.24. The molecule has 2 aromatic carbocycles. The maximum absolute atomic E-state index is 13.6. The van der Waals surface area contributed by atoms with Crippen LogP contribution in [0.4, 0.5) is 14.5 Å². The zero-order valence-electron chi connectivity index (χ0n) is 17.0. The van der Waals surface area contributed by atoms with Crippen molar-refractivity contribution in [3.8, 4) is 0 Å². The summed E-state index contributed by atoms with van der Waals surface area (Å²) in [6.45, 7) is 1.44. The van der Waals surface area contributed by atoms with E-state index < -0.39 is 17.6 Å². The van der Waals surface area contributed by atoms with Crippen LogP contribution >= 0.6 is 0 Å². The first kappa shape index (κ1) is 19.7. The topological polar surface area (TPSA) is 56.4 Å². The monoisotopic (exact) mass is 423 g/mol. The molecule has 0 saturated carbocycles. The summed E-state index contributed by atoms with van der Waals surface area (Å²) in [6.07, 6.45) is 3.87. The predicted molar refractivity (Wildman–Crippen MR) is 114 cm³/mol. The number of aromatic amines is 1. The second-order valence-corrected chi connectivity index (χ2v) is 8.42. The normalized spacial score (nSPS) is 20.1. The minimum absolute atomic E-state index is 0.0508. The van der Waals surface area contributed by atoms with Gasteiger partial charge in [0.15, 0.2) is 0 Å². The number of nitrogens with one attached hydrogen (secondary N) is 1. The molecule has 1 aromatic heterocycles. The Morgan fingerprint density at radius 1 is 1.03 bits per heavy atom. The van der Waals surface area contributed by atoms with Gasteiger partial charge in [-0.1, -0.05) is 18.2 Å². The minimum atomic E-state index is -0.739. The van der Waals surface area contributed by atoms with Gasteiger partial charge in [-0.05, 0) is 42.5 Å². The number of carbonyl (C=O) groups is 2. The molecule has 0 bridgehead atoms. The summed E-state index contributed by atoms with van der Waals surface area (Å²) in [7, 11) is 0. The molecule has 1 unspecified atom stereocenters. The molecule has 1 N–H and O–H groups in total. The molecule has 2 amide bonds. The molecule has 3 aromatic rings. The molecule has 0 radical (unpaired) electrons. The number of fused-ring (bicyclic) bond motifs is 1. The second-order valence-electron chi connectivity index (χ2n) is 8.42. The highest BCUT2D eigenvalue weighted by Gasteiger charge is 2.38. The molecule has 5 nitrogen and oxygen atoms in total.